The first-order valence-corrected chi connectivity index (χ1v) is 7.64. The molecule has 1 saturated heterocycles. The molecule has 0 radical (unpaired) electrons. The third-order valence-electron chi connectivity index (χ3n) is 4.02. The lowest BCUT2D eigenvalue weighted by molar-refractivity contribution is 0.169. The van der Waals surface area contributed by atoms with Crippen molar-refractivity contribution in [3.8, 4) is 0 Å². The summed E-state index contributed by atoms with van der Waals surface area (Å²) in [5, 5.41) is 0.783. The first-order valence-electron chi connectivity index (χ1n) is 7.26. The van der Waals surface area contributed by atoms with E-state index in [0.717, 1.165) is 37.0 Å². The van der Waals surface area contributed by atoms with E-state index >= 15 is 0 Å². The number of anilines is 1. The Morgan fingerprint density at radius 2 is 1.95 bits per heavy atom. The third kappa shape index (κ3) is 3.23. The maximum Gasteiger partial charge on any atom is 0.122 e. The van der Waals surface area contributed by atoms with Crippen molar-refractivity contribution in [1.82, 2.24) is 4.90 Å². The molecule has 5 heteroatoms. The Labute approximate surface area is 130 Å². The van der Waals surface area contributed by atoms with Gasteiger partial charge in [-0.1, -0.05) is 17.7 Å². The predicted octanol–water partition coefficient (Wildman–Crippen LogP) is 2.76. The van der Waals surface area contributed by atoms with E-state index < -0.39 is 0 Å². The van der Waals surface area contributed by atoms with Gasteiger partial charge in [-0.25, -0.2) is 0 Å². The highest BCUT2D eigenvalue weighted by Crippen LogP contribution is 2.25. The lowest BCUT2D eigenvalue weighted by Gasteiger charge is -2.39. The second-order valence-electron chi connectivity index (χ2n) is 5.27. The smallest absolute Gasteiger partial charge is 0.122 e. The summed E-state index contributed by atoms with van der Waals surface area (Å²) in [6, 6.07) is 12.1. The van der Waals surface area contributed by atoms with Crippen LogP contribution in [-0.4, -0.2) is 37.6 Å². The number of furan rings is 1. The first-order chi connectivity index (χ1) is 10.3. The Hall–Kier alpha value is -1.49. The largest absolute Gasteiger partial charge is 0.468 e. The molecule has 1 atom stereocenters. The van der Waals surface area contributed by atoms with Crippen molar-refractivity contribution in [2.24, 2.45) is 5.73 Å². The van der Waals surface area contributed by atoms with Gasteiger partial charge in [0.15, 0.2) is 0 Å². The van der Waals surface area contributed by atoms with E-state index in [1.807, 2.05) is 30.3 Å². The lowest BCUT2D eigenvalue weighted by atomic mass is 10.1. The summed E-state index contributed by atoms with van der Waals surface area (Å²) >= 11 is 6.07. The van der Waals surface area contributed by atoms with Gasteiger partial charge in [-0.15, -0.1) is 0 Å². The summed E-state index contributed by atoms with van der Waals surface area (Å²) < 4.78 is 5.51. The molecule has 0 aliphatic carbocycles. The molecule has 2 N–H and O–H groups in total. The average molecular weight is 306 g/mol. The fraction of sp³-hybridized carbons (Fsp3) is 0.375. The number of halogens is 1. The Bertz CT molecular complexity index is 565. The number of hydrogen-bond acceptors (Lipinski definition) is 4. The number of nitrogens with zero attached hydrogens (tertiary/aromatic N) is 2. The van der Waals surface area contributed by atoms with E-state index in [2.05, 4.69) is 15.9 Å². The zero-order valence-electron chi connectivity index (χ0n) is 11.9. The maximum absolute atomic E-state index is 6.07. The van der Waals surface area contributed by atoms with Crippen molar-refractivity contribution in [1.29, 1.82) is 0 Å². The molecule has 1 unspecified atom stereocenters. The fourth-order valence-electron chi connectivity index (χ4n) is 2.89. The van der Waals surface area contributed by atoms with Crippen molar-refractivity contribution in [3.63, 3.8) is 0 Å². The van der Waals surface area contributed by atoms with Crippen LogP contribution in [0.25, 0.3) is 0 Å². The Morgan fingerprint density at radius 1 is 1.14 bits per heavy atom. The van der Waals surface area contributed by atoms with Crippen LogP contribution in [0.2, 0.25) is 5.02 Å². The molecular formula is C16H20ClN3O. The van der Waals surface area contributed by atoms with Crippen LogP contribution < -0.4 is 10.6 Å². The van der Waals surface area contributed by atoms with E-state index in [4.69, 9.17) is 21.8 Å². The second kappa shape index (κ2) is 6.52. The highest BCUT2D eigenvalue weighted by Gasteiger charge is 2.25. The summed E-state index contributed by atoms with van der Waals surface area (Å²) in [6.45, 7) is 4.45. The third-order valence-corrected chi connectivity index (χ3v) is 4.26. The van der Waals surface area contributed by atoms with Crippen molar-refractivity contribution in [3.05, 3.63) is 53.4 Å². The van der Waals surface area contributed by atoms with Crippen LogP contribution in [0, 0.1) is 0 Å². The van der Waals surface area contributed by atoms with Gasteiger partial charge in [0.1, 0.15) is 5.76 Å². The molecule has 0 bridgehead atoms. The molecule has 0 amide bonds. The Morgan fingerprint density at radius 3 is 2.57 bits per heavy atom. The number of nitrogens with two attached hydrogens (primary N) is 1. The minimum absolute atomic E-state index is 0.168. The molecule has 1 aliphatic heterocycles. The molecule has 0 spiro atoms. The summed E-state index contributed by atoms with van der Waals surface area (Å²) in [7, 11) is 0. The molecule has 2 heterocycles. The summed E-state index contributed by atoms with van der Waals surface area (Å²) in [5.74, 6) is 0.953. The van der Waals surface area contributed by atoms with Gasteiger partial charge in [0, 0.05) is 43.4 Å². The molecule has 1 aromatic carbocycles. The molecule has 4 nitrogen and oxygen atoms in total. The molecule has 21 heavy (non-hydrogen) atoms. The topological polar surface area (TPSA) is 45.6 Å². The zero-order valence-corrected chi connectivity index (χ0v) is 12.7. The monoisotopic (exact) mass is 305 g/mol. The highest BCUT2D eigenvalue weighted by atomic mass is 35.5. The van der Waals surface area contributed by atoms with Crippen LogP contribution in [0.4, 0.5) is 5.69 Å². The maximum atomic E-state index is 6.07. The van der Waals surface area contributed by atoms with Crippen LogP contribution in [0.3, 0.4) is 0 Å². The number of hydrogen-bond donors (Lipinski definition) is 1. The van der Waals surface area contributed by atoms with E-state index in [1.165, 1.54) is 5.69 Å². The van der Waals surface area contributed by atoms with Crippen molar-refractivity contribution >= 4 is 17.3 Å². The number of piperazine rings is 1. The van der Waals surface area contributed by atoms with Crippen LogP contribution in [-0.2, 0) is 0 Å². The van der Waals surface area contributed by atoms with Crippen LogP contribution in [0.1, 0.15) is 11.8 Å². The van der Waals surface area contributed by atoms with Gasteiger partial charge in [-0.3, -0.25) is 4.90 Å². The predicted molar refractivity (Wildman–Crippen MR) is 85.7 cm³/mol. The van der Waals surface area contributed by atoms with Gasteiger partial charge < -0.3 is 15.1 Å². The van der Waals surface area contributed by atoms with Gasteiger partial charge in [0.25, 0.3) is 0 Å². The quantitative estimate of drug-likeness (QED) is 0.943. The van der Waals surface area contributed by atoms with Crippen LogP contribution >= 0.6 is 11.6 Å². The molecular weight excluding hydrogens is 286 g/mol. The minimum atomic E-state index is 0.168. The zero-order chi connectivity index (χ0) is 14.7. The van der Waals surface area contributed by atoms with E-state index in [1.54, 1.807) is 6.26 Å². The van der Waals surface area contributed by atoms with Gasteiger partial charge in [0.2, 0.25) is 0 Å². The van der Waals surface area contributed by atoms with Crippen LogP contribution in [0.5, 0.6) is 0 Å². The van der Waals surface area contributed by atoms with Crippen molar-refractivity contribution < 1.29 is 4.42 Å². The summed E-state index contributed by atoms with van der Waals surface area (Å²) in [4.78, 5) is 4.75. The van der Waals surface area contributed by atoms with E-state index in [9.17, 15) is 0 Å². The molecule has 112 valence electrons. The van der Waals surface area contributed by atoms with E-state index in [-0.39, 0.29) is 6.04 Å². The average Bonchev–Trinajstić information content (AvgIpc) is 3.03. The molecule has 2 aromatic rings. The molecule has 0 saturated carbocycles. The molecule has 1 fully saturated rings. The Kier molecular flexibility index (Phi) is 4.48. The molecule has 1 aromatic heterocycles. The fourth-order valence-corrected chi connectivity index (χ4v) is 3.08. The number of rotatable bonds is 4. The normalized spacial score (nSPS) is 17.9. The SMILES string of the molecule is NCC(c1ccco1)N1CCN(c2cccc(Cl)c2)CC1. The molecule has 1 aliphatic rings. The standard InChI is InChI=1S/C16H20ClN3O/c17-13-3-1-4-14(11-13)19-6-8-20(9-7-19)15(12-18)16-5-2-10-21-16/h1-5,10-11,15H,6-9,12,18H2. The first kappa shape index (κ1) is 14.4. The van der Waals surface area contributed by atoms with E-state index in [0.29, 0.717) is 6.54 Å². The van der Waals surface area contributed by atoms with Gasteiger partial charge in [0.05, 0.1) is 12.3 Å². The van der Waals surface area contributed by atoms with Gasteiger partial charge in [-0.2, -0.15) is 0 Å². The summed E-state index contributed by atoms with van der Waals surface area (Å²) in [6.07, 6.45) is 1.71. The highest BCUT2D eigenvalue weighted by molar-refractivity contribution is 6.30. The van der Waals surface area contributed by atoms with Crippen molar-refractivity contribution in [2.45, 2.75) is 6.04 Å². The molecule has 3 rings (SSSR count). The second-order valence-corrected chi connectivity index (χ2v) is 5.71. The van der Waals surface area contributed by atoms with Gasteiger partial charge in [-0.05, 0) is 30.3 Å². The Balaban J connectivity index is 1.64. The minimum Gasteiger partial charge on any atom is -0.468 e. The lowest BCUT2D eigenvalue weighted by Crippen LogP contribution is -2.49. The number of benzene rings is 1. The summed E-state index contributed by atoms with van der Waals surface area (Å²) in [5.41, 5.74) is 7.11. The van der Waals surface area contributed by atoms with Crippen molar-refractivity contribution in [2.75, 3.05) is 37.6 Å². The van der Waals surface area contributed by atoms with Gasteiger partial charge >= 0.3 is 0 Å². The van der Waals surface area contributed by atoms with Crippen LogP contribution in [0.15, 0.2) is 47.1 Å².